The summed E-state index contributed by atoms with van der Waals surface area (Å²) in [5.41, 5.74) is 1.10. The molecule has 11 heavy (non-hydrogen) atoms. The Hall–Kier alpha value is 0.750. The number of hydrogen-bond acceptors (Lipinski definition) is 3. The Labute approximate surface area is 84.8 Å². The Morgan fingerprint density at radius 1 is 1.36 bits per heavy atom. The molecule has 0 spiro atoms. The van der Waals surface area contributed by atoms with E-state index in [1.54, 1.807) is 0 Å². The van der Waals surface area contributed by atoms with Crippen LogP contribution in [0.4, 0.5) is 0 Å². The lowest BCUT2D eigenvalue weighted by atomic mass is 10.3. The van der Waals surface area contributed by atoms with Gasteiger partial charge in [-0.25, -0.2) is 0 Å². The van der Waals surface area contributed by atoms with E-state index in [0.717, 1.165) is 39.5 Å². The van der Waals surface area contributed by atoms with E-state index in [-0.39, 0.29) is 12.4 Å². The molecule has 0 amide bonds. The molecule has 1 rings (SSSR count). The summed E-state index contributed by atoms with van der Waals surface area (Å²) in [6, 6.07) is 0. The van der Waals surface area contributed by atoms with Crippen LogP contribution in [0, 0.1) is 0 Å². The van der Waals surface area contributed by atoms with Gasteiger partial charge in [0, 0.05) is 12.8 Å². The van der Waals surface area contributed by atoms with E-state index >= 15 is 0 Å². The van der Waals surface area contributed by atoms with Gasteiger partial charge in [-0.3, -0.25) is 5.21 Å². The van der Waals surface area contributed by atoms with Gasteiger partial charge in [-0.05, 0) is 23.5 Å². The van der Waals surface area contributed by atoms with Crippen molar-refractivity contribution < 1.29 is 21.8 Å². The summed E-state index contributed by atoms with van der Waals surface area (Å²) in [5.74, 6) is 0. The van der Waals surface area contributed by atoms with Crippen LogP contribution < -0.4 is 12.4 Å². The SMILES string of the molecule is O[N+](SSCl)=C1CCCC1.[Cl-]. The van der Waals surface area contributed by atoms with Gasteiger partial charge >= 0.3 is 11.0 Å². The van der Waals surface area contributed by atoms with Crippen LogP contribution in [0.3, 0.4) is 0 Å². The monoisotopic (exact) mass is 233 g/mol. The second kappa shape index (κ2) is 6.29. The molecule has 1 aliphatic rings. The lowest BCUT2D eigenvalue weighted by molar-refractivity contribution is -0.644. The van der Waals surface area contributed by atoms with Crippen molar-refractivity contribution in [1.29, 1.82) is 0 Å². The summed E-state index contributed by atoms with van der Waals surface area (Å²) < 4.78 is 1.19. The molecule has 0 saturated heterocycles. The van der Waals surface area contributed by atoms with Crippen molar-refractivity contribution in [3.8, 4) is 0 Å². The van der Waals surface area contributed by atoms with E-state index in [0.29, 0.717) is 0 Å². The fourth-order valence-electron chi connectivity index (χ4n) is 1.05. The first-order valence-corrected chi connectivity index (χ1v) is 6.07. The van der Waals surface area contributed by atoms with Gasteiger partial charge in [-0.15, -0.1) is 0 Å². The maximum absolute atomic E-state index is 9.20. The second-order valence-electron chi connectivity index (χ2n) is 2.18. The highest BCUT2D eigenvalue weighted by Crippen LogP contribution is 2.27. The highest BCUT2D eigenvalue weighted by Gasteiger charge is 2.21. The summed E-state index contributed by atoms with van der Waals surface area (Å²) in [5, 5.41) is 9.20. The quantitative estimate of drug-likeness (QED) is 0.236. The topological polar surface area (TPSA) is 23.2 Å². The fraction of sp³-hybridized carbons (Fsp3) is 0.800. The molecule has 0 aromatic heterocycles. The molecule has 0 aliphatic heterocycles. The first kappa shape index (κ1) is 11.8. The van der Waals surface area contributed by atoms with Crippen LogP contribution in [0.5, 0.6) is 0 Å². The predicted molar refractivity (Wildman–Crippen MR) is 46.6 cm³/mol. The Morgan fingerprint density at radius 2 is 1.91 bits per heavy atom. The second-order valence-corrected chi connectivity index (χ2v) is 4.76. The minimum Gasteiger partial charge on any atom is -1.00 e. The van der Waals surface area contributed by atoms with Crippen molar-refractivity contribution in [3.05, 3.63) is 0 Å². The van der Waals surface area contributed by atoms with Crippen LogP contribution in [-0.4, -0.2) is 15.1 Å². The van der Waals surface area contributed by atoms with Crippen LogP contribution in [-0.2, 0) is 0 Å². The third kappa shape index (κ3) is 3.78. The average molecular weight is 234 g/mol. The molecule has 0 radical (unpaired) electrons. The van der Waals surface area contributed by atoms with Gasteiger partial charge in [0.15, 0.2) is 0 Å². The Kier molecular flexibility index (Phi) is 6.71. The van der Waals surface area contributed by atoms with Gasteiger partial charge in [0.2, 0.25) is 5.71 Å². The maximum atomic E-state index is 9.20. The van der Waals surface area contributed by atoms with E-state index in [1.807, 2.05) is 0 Å². The van der Waals surface area contributed by atoms with E-state index < -0.39 is 0 Å². The molecule has 0 atom stereocenters. The minimum atomic E-state index is 0. The summed E-state index contributed by atoms with van der Waals surface area (Å²) >= 11 is 0. The third-order valence-corrected chi connectivity index (χ3v) is 3.11. The van der Waals surface area contributed by atoms with Crippen LogP contribution >= 0.6 is 31.7 Å². The van der Waals surface area contributed by atoms with Crippen molar-refractivity contribution in [3.63, 3.8) is 0 Å². The Bertz CT molecular complexity index is 145. The van der Waals surface area contributed by atoms with Gasteiger partial charge < -0.3 is 12.4 Å². The van der Waals surface area contributed by atoms with E-state index in [1.165, 1.54) is 17.0 Å². The van der Waals surface area contributed by atoms with Crippen molar-refractivity contribution in [2.45, 2.75) is 25.7 Å². The van der Waals surface area contributed by atoms with Crippen molar-refractivity contribution in [1.82, 2.24) is 0 Å². The lowest BCUT2D eigenvalue weighted by Crippen LogP contribution is -3.00. The maximum Gasteiger partial charge on any atom is 0.303 e. The minimum absolute atomic E-state index is 0. The number of halogens is 2. The van der Waals surface area contributed by atoms with Crippen molar-refractivity contribution in [2.75, 3.05) is 0 Å². The molecular weight excluding hydrogens is 225 g/mol. The Balaban J connectivity index is 0.000001000. The Morgan fingerprint density at radius 3 is 2.36 bits per heavy atom. The highest BCUT2D eigenvalue weighted by molar-refractivity contribution is 8.83. The molecule has 66 valence electrons. The zero-order chi connectivity index (χ0) is 7.40. The zero-order valence-corrected chi connectivity index (χ0v) is 8.94. The summed E-state index contributed by atoms with van der Waals surface area (Å²) in [6.07, 6.45) is 4.42. The van der Waals surface area contributed by atoms with Gasteiger partial charge in [-0.1, -0.05) is 0 Å². The molecule has 1 saturated carbocycles. The van der Waals surface area contributed by atoms with Crippen LogP contribution in [0.2, 0.25) is 0 Å². The van der Waals surface area contributed by atoms with Crippen LogP contribution in [0.25, 0.3) is 0 Å². The molecular formula is C5H9Cl2NOS2. The molecule has 6 heteroatoms. The molecule has 0 bridgehead atoms. The van der Waals surface area contributed by atoms with Gasteiger partial charge in [0.25, 0.3) is 0 Å². The fourth-order valence-corrected chi connectivity index (χ4v) is 2.35. The highest BCUT2D eigenvalue weighted by atomic mass is 35.7. The third-order valence-electron chi connectivity index (χ3n) is 1.55. The normalized spacial score (nSPS) is 16.3. The van der Waals surface area contributed by atoms with Gasteiger partial charge in [0.1, 0.15) is 0 Å². The van der Waals surface area contributed by atoms with Gasteiger partial charge in [-0.2, -0.15) is 0 Å². The lowest BCUT2D eigenvalue weighted by Gasteiger charge is -1.87. The smallest absolute Gasteiger partial charge is 0.303 e. The molecule has 0 unspecified atom stereocenters. The molecule has 0 heterocycles. The summed E-state index contributed by atoms with van der Waals surface area (Å²) in [6.45, 7) is 0. The number of nitrogens with zero attached hydrogens (tertiary/aromatic N) is 1. The van der Waals surface area contributed by atoms with E-state index in [9.17, 15) is 5.21 Å². The van der Waals surface area contributed by atoms with E-state index in [2.05, 4.69) is 0 Å². The molecule has 0 aromatic carbocycles. The average Bonchev–Trinajstić information content (AvgIpc) is 2.38. The molecule has 0 aromatic rings. The molecule has 2 nitrogen and oxygen atoms in total. The number of hydrogen-bond donors (Lipinski definition) is 1. The summed E-state index contributed by atoms with van der Waals surface area (Å²) in [4.78, 5) is 0. The van der Waals surface area contributed by atoms with E-state index in [4.69, 9.17) is 10.7 Å². The van der Waals surface area contributed by atoms with Crippen molar-refractivity contribution >= 4 is 37.4 Å². The summed E-state index contributed by atoms with van der Waals surface area (Å²) in [7, 11) is 7.54. The first-order valence-electron chi connectivity index (χ1n) is 3.13. The van der Waals surface area contributed by atoms with Crippen LogP contribution in [0.1, 0.15) is 25.7 Å². The predicted octanol–water partition coefficient (Wildman–Crippen LogP) is -0.143. The first-order chi connectivity index (χ1) is 4.84. The molecule has 1 N–H and O–H groups in total. The largest absolute Gasteiger partial charge is 1.00 e. The standard InChI is InChI=1S/C5H9ClNOS2.ClH/c6-9-10-7(8)5-3-1-2-4-5;/h8H,1-4H2;1H/q+1;/p-1. The molecule has 1 fully saturated rings. The van der Waals surface area contributed by atoms with Gasteiger partial charge in [0.05, 0.1) is 14.2 Å². The van der Waals surface area contributed by atoms with Crippen LogP contribution in [0.15, 0.2) is 0 Å². The molecule has 1 aliphatic carbocycles. The number of rotatable bonds is 2. The van der Waals surface area contributed by atoms with Crippen molar-refractivity contribution in [2.24, 2.45) is 0 Å². The zero-order valence-electron chi connectivity index (χ0n) is 5.80.